The molecule has 0 saturated carbocycles. The molecule has 0 aliphatic carbocycles. The summed E-state index contributed by atoms with van der Waals surface area (Å²) in [6.07, 6.45) is 1.55. The van der Waals surface area contributed by atoms with E-state index >= 15 is 0 Å². The largest absolute Gasteiger partial charge is 0.497 e. The van der Waals surface area contributed by atoms with Crippen molar-refractivity contribution in [3.05, 3.63) is 29.8 Å². The molecule has 1 heterocycles. The average molecular weight is 249 g/mol. The summed E-state index contributed by atoms with van der Waals surface area (Å²) in [5, 5.41) is 9.40. The van der Waals surface area contributed by atoms with Crippen molar-refractivity contribution < 1.29 is 14.6 Å². The van der Waals surface area contributed by atoms with Crippen molar-refractivity contribution in [1.82, 2.24) is 4.90 Å². The highest BCUT2D eigenvalue weighted by Crippen LogP contribution is 2.14. The quantitative estimate of drug-likeness (QED) is 0.876. The SMILES string of the molecule is COc1ccc(CC(=O)N2CCC(O)CC2)cc1. The van der Waals surface area contributed by atoms with E-state index in [1.54, 1.807) is 7.11 Å². The van der Waals surface area contributed by atoms with E-state index in [9.17, 15) is 9.90 Å². The minimum Gasteiger partial charge on any atom is -0.497 e. The van der Waals surface area contributed by atoms with Gasteiger partial charge in [0, 0.05) is 13.1 Å². The van der Waals surface area contributed by atoms with Gasteiger partial charge in [0.2, 0.25) is 5.91 Å². The van der Waals surface area contributed by atoms with Crippen LogP contribution >= 0.6 is 0 Å². The first-order chi connectivity index (χ1) is 8.69. The molecule has 18 heavy (non-hydrogen) atoms. The van der Waals surface area contributed by atoms with Crippen molar-refractivity contribution in [2.75, 3.05) is 20.2 Å². The molecule has 1 aromatic carbocycles. The molecule has 98 valence electrons. The molecule has 0 spiro atoms. The monoisotopic (exact) mass is 249 g/mol. The van der Waals surface area contributed by atoms with Crippen molar-refractivity contribution in [3.63, 3.8) is 0 Å². The lowest BCUT2D eigenvalue weighted by atomic mass is 10.1. The maximum absolute atomic E-state index is 12.0. The molecule has 1 saturated heterocycles. The summed E-state index contributed by atoms with van der Waals surface area (Å²) in [5.41, 5.74) is 0.993. The summed E-state index contributed by atoms with van der Waals surface area (Å²) in [4.78, 5) is 13.9. The molecular weight excluding hydrogens is 230 g/mol. The van der Waals surface area contributed by atoms with E-state index in [0.29, 0.717) is 32.4 Å². The molecule has 1 N–H and O–H groups in total. The Bertz CT molecular complexity index is 394. The maximum atomic E-state index is 12.0. The summed E-state index contributed by atoms with van der Waals surface area (Å²) in [6, 6.07) is 7.55. The zero-order chi connectivity index (χ0) is 13.0. The molecule has 1 aliphatic rings. The van der Waals surface area contributed by atoms with Crippen LogP contribution in [0.3, 0.4) is 0 Å². The van der Waals surface area contributed by atoms with Gasteiger partial charge in [-0.25, -0.2) is 0 Å². The molecule has 0 aromatic heterocycles. The third-order valence-corrected chi connectivity index (χ3v) is 3.33. The number of hydrogen-bond donors (Lipinski definition) is 1. The number of piperidine rings is 1. The van der Waals surface area contributed by atoms with Crippen LogP contribution in [-0.4, -0.2) is 42.2 Å². The Morgan fingerprint density at radius 2 is 1.94 bits per heavy atom. The molecule has 0 unspecified atom stereocenters. The maximum Gasteiger partial charge on any atom is 0.226 e. The first-order valence-corrected chi connectivity index (χ1v) is 6.28. The lowest BCUT2D eigenvalue weighted by molar-refractivity contribution is -0.132. The first-order valence-electron chi connectivity index (χ1n) is 6.28. The zero-order valence-corrected chi connectivity index (χ0v) is 10.6. The Balaban J connectivity index is 1.90. The van der Waals surface area contributed by atoms with E-state index in [1.165, 1.54) is 0 Å². The summed E-state index contributed by atoms with van der Waals surface area (Å²) in [7, 11) is 1.62. The molecule has 1 fully saturated rings. The van der Waals surface area contributed by atoms with Gasteiger partial charge in [0.05, 0.1) is 19.6 Å². The summed E-state index contributed by atoms with van der Waals surface area (Å²) >= 11 is 0. The van der Waals surface area contributed by atoms with E-state index in [-0.39, 0.29) is 12.0 Å². The van der Waals surface area contributed by atoms with Gasteiger partial charge < -0.3 is 14.7 Å². The minimum absolute atomic E-state index is 0.132. The van der Waals surface area contributed by atoms with Gasteiger partial charge >= 0.3 is 0 Å². The molecule has 0 atom stereocenters. The van der Waals surface area contributed by atoms with Gasteiger partial charge in [-0.2, -0.15) is 0 Å². The number of benzene rings is 1. The van der Waals surface area contributed by atoms with Crippen LogP contribution in [0.5, 0.6) is 5.75 Å². The van der Waals surface area contributed by atoms with Gasteiger partial charge in [-0.15, -0.1) is 0 Å². The van der Waals surface area contributed by atoms with Crippen molar-refractivity contribution in [2.24, 2.45) is 0 Å². The lowest BCUT2D eigenvalue weighted by Gasteiger charge is -2.29. The topological polar surface area (TPSA) is 49.8 Å². The number of rotatable bonds is 3. The molecule has 1 aliphatic heterocycles. The van der Waals surface area contributed by atoms with Crippen LogP contribution in [0.4, 0.5) is 0 Å². The van der Waals surface area contributed by atoms with Gasteiger partial charge in [-0.1, -0.05) is 12.1 Å². The van der Waals surface area contributed by atoms with Gasteiger partial charge in [0.1, 0.15) is 5.75 Å². The zero-order valence-electron chi connectivity index (χ0n) is 10.6. The van der Waals surface area contributed by atoms with Crippen LogP contribution in [0.2, 0.25) is 0 Å². The van der Waals surface area contributed by atoms with Crippen LogP contribution in [-0.2, 0) is 11.2 Å². The van der Waals surface area contributed by atoms with Crippen molar-refractivity contribution in [1.29, 1.82) is 0 Å². The number of carbonyl (C=O) groups is 1. The smallest absolute Gasteiger partial charge is 0.226 e. The number of carbonyl (C=O) groups excluding carboxylic acids is 1. The molecule has 4 nitrogen and oxygen atoms in total. The second-order valence-electron chi connectivity index (χ2n) is 4.64. The van der Waals surface area contributed by atoms with Gasteiger partial charge in [-0.3, -0.25) is 4.79 Å². The van der Waals surface area contributed by atoms with Crippen LogP contribution < -0.4 is 4.74 Å². The van der Waals surface area contributed by atoms with Crippen LogP contribution in [0.1, 0.15) is 18.4 Å². The number of hydrogen-bond acceptors (Lipinski definition) is 3. The summed E-state index contributed by atoms with van der Waals surface area (Å²) in [5.74, 6) is 0.930. The number of likely N-dealkylation sites (tertiary alicyclic amines) is 1. The average Bonchev–Trinajstić information content (AvgIpc) is 2.40. The molecular formula is C14H19NO3. The highest BCUT2D eigenvalue weighted by Gasteiger charge is 2.21. The Labute approximate surface area is 107 Å². The van der Waals surface area contributed by atoms with E-state index in [2.05, 4.69) is 0 Å². The Hall–Kier alpha value is -1.55. The number of methoxy groups -OCH3 is 1. The highest BCUT2D eigenvalue weighted by molar-refractivity contribution is 5.78. The fourth-order valence-electron chi connectivity index (χ4n) is 2.15. The van der Waals surface area contributed by atoms with Crippen molar-refractivity contribution in [2.45, 2.75) is 25.4 Å². The van der Waals surface area contributed by atoms with Gasteiger partial charge in [-0.05, 0) is 30.5 Å². The number of amides is 1. The number of aliphatic hydroxyl groups is 1. The van der Waals surface area contributed by atoms with Crippen molar-refractivity contribution >= 4 is 5.91 Å². The van der Waals surface area contributed by atoms with Gasteiger partial charge in [0.25, 0.3) is 0 Å². The normalized spacial score (nSPS) is 16.7. The van der Waals surface area contributed by atoms with E-state index in [4.69, 9.17) is 4.74 Å². The molecule has 0 bridgehead atoms. The molecule has 0 radical (unpaired) electrons. The van der Waals surface area contributed by atoms with Crippen LogP contribution in [0.15, 0.2) is 24.3 Å². The summed E-state index contributed by atoms with van der Waals surface area (Å²) in [6.45, 7) is 1.33. The molecule has 1 aromatic rings. The Morgan fingerprint density at radius 1 is 1.33 bits per heavy atom. The predicted molar refractivity (Wildman–Crippen MR) is 68.5 cm³/mol. The molecule has 1 amide bonds. The second kappa shape index (κ2) is 5.87. The van der Waals surface area contributed by atoms with Crippen LogP contribution in [0.25, 0.3) is 0 Å². The van der Waals surface area contributed by atoms with E-state index in [1.807, 2.05) is 29.2 Å². The lowest BCUT2D eigenvalue weighted by Crippen LogP contribution is -2.40. The second-order valence-corrected chi connectivity index (χ2v) is 4.64. The van der Waals surface area contributed by atoms with Crippen LogP contribution in [0, 0.1) is 0 Å². The molecule has 4 heteroatoms. The Kier molecular flexibility index (Phi) is 4.20. The highest BCUT2D eigenvalue weighted by atomic mass is 16.5. The molecule has 2 rings (SSSR count). The standard InChI is InChI=1S/C14H19NO3/c1-18-13-4-2-11(3-5-13)10-14(17)15-8-6-12(16)7-9-15/h2-5,12,16H,6-10H2,1H3. The third kappa shape index (κ3) is 3.23. The Morgan fingerprint density at radius 3 is 2.50 bits per heavy atom. The number of aliphatic hydroxyl groups excluding tert-OH is 1. The van der Waals surface area contributed by atoms with E-state index < -0.39 is 0 Å². The number of nitrogens with zero attached hydrogens (tertiary/aromatic N) is 1. The van der Waals surface area contributed by atoms with Gasteiger partial charge in [0.15, 0.2) is 0 Å². The fourth-order valence-corrected chi connectivity index (χ4v) is 2.15. The fraction of sp³-hybridized carbons (Fsp3) is 0.500. The number of ether oxygens (including phenoxy) is 1. The summed E-state index contributed by atoms with van der Waals surface area (Å²) < 4.78 is 5.08. The van der Waals surface area contributed by atoms with Crippen molar-refractivity contribution in [3.8, 4) is 5.75 Å². The third-order valence-electron chi connectivity index (χ3n) is 3.33. The first kappa shape index (κ1) is 12.9. The predicted octanol–water partition coefficient (Wildman–Crippen LogP) is 1.22. The minimum atomic E-state index is -0.241. The van der Waals surface area contributed by atoms with E-state index in [0.717, 1.165) is 11.3 Å².